The number of H-pyrrole nitrogens is 1. The van der Waals surface area contributed by atoms with Gasteiger partial charge >= 0.3 is 0 Å². The first-order valence-electron chi connectivity index (χ1n) is 35.6. The van der Waals surface area contributed by atoms with Gasteiger partial charge in [-0.1, -0.05) is 118 Å². The van der Waals surface area contributed by atoms with Gasteiger partial charge < -0.3 is 61.4 Å². The summed E-state index contributed by atoms with van der Waals surface area (Å²) in [6.07, 6.45) is 12.7. The summed E-state index contributed by atoms with van der Waals surface area (Å²) < 4.78 is 5.73. The van der Waals surface area contributed by atoms with Crippen LogP contribution in [-0.4, -0.2) is 104 Å². The van der Waals surface area contributed by atoms with Gasteiger partial charge in [0, 0.05) is 91.6 Å². The summed E-state index contributed by atoms with van der Waals surface area (Å²) in [5, 5.41) is 96.5. The van der Waals surface area contributed by atoms with E-state index in [1.54, 1.807) is 18.2 Å². The zero-order valence-electron chi connectivity index (χ0n) is 55.8. The predicted molar refractivity (Wildman–Crippen MR) is 374 cm³/mol. The highest BCUT2D eigenvalue weighted by atomic mass is 16.5. The molecule has 504 valence electrons. The van der Waals surface area contributed by atoms with E-state index in [1.165, 1.54) is 7.11 Å². The Morgan fingerprint density at radius 1 is 0.750 bits per heavy atom. The van der Waals surface area contributed by atoms with Crippen molar-refractivity contribution >= 4 is 28.0 Å². The fraction of sp³-hybridized carbons (Fsp3) is 0.488. The zero-order chi connectivity index (χ0) is 66.8. The summed E-state index contributed by atoms with van der Waals surface area (Å²) in [6, 6.07) is 31.3. The Balaban J connectivity index is 1.04. The number of fused-ring (bicyclic) bond motifs is 16. The van der Waals surface area contributed by atoms with Gasteiger partial charge in [0.05, 0.1) is 25.2 Å². The number of benzene rings is 5. The van der Waals surface area contributed by atoms with Gasteiger partial charge in [-0.2, -0.15) is 0 Å². The van der Waals surface area contributed by atoms with Crippen molar-refractivity contribution in [3.8, 4) is 46.7 Å². The monoisotopic (exact) mass is 1300 g/mol. The summed E-state index contributed by atoms with van der Waals surface area (Å²) >= 11 is 0. The first-order chi connectivity index (χ1) is 46.6. The largest absolute Gasteiger partial charge is 0.508 e. The van der Waals surface area contributed by atoms with Gasteiger partial charge in [0.2, 0.25) is 0 Å². The summed E-state index contributed by atoms with van der Waals surface area (Å²) in [4.78, 5) is 34.5. The second kappa shape index (κ2) is 29.1. The molecule has 0 radical (unpaired) electrons. The standard InChI is InChI=1S/C82H96N4O10/c1-4-12-66-58-35-56-34-52-22-25-68(70-43-74(91)75(96-3)39-53(70)23-26-73(90)80(94)79(93)71(52)38-58)67-17-7-6-16-65(67)57-33-51(69(60(36-57)47-87)32-49-13-10-15-62(88)31-49)14-11-18-64(56)54-27-30-84-77(41-54)86-61-24-21-50-19-20-55(78(92)72(50)42-61)37-63(89)46-83-44-48(2)59-40-76(85-45-59)82(81(66)95)28-8-5-9-29-82/h6-7,10,13,15-17,19-21,24,27,31,39-43,45,48,51-52,56-58,60,63-64,66,68-69,71,80-81,83-89,91-92,94-95H,4-5,8-9,12,18,23,26,28-30,32-38,44,46-47H2,1-3H3. The maximum absolute atomic E-state index is 15.9. The lowest BCUT2D eigenvalue weighted by molar-refractivity contribution is -0.142. The predicted octanol–water partition coefficient (Wildman–Crippen LogP) is 12.3. The number of hydrogen-bond donors (Lipinski definition) is 11. The Kier molecular flexibility index (Phi) is 20.2. The smallest absolute Gasteiger partial charge is 0.173 e. The molecule has 13 bridgehead atoms. The number of allylic oxidation sites excluding steroid dienone is 2. The van der Waals surface area contributed by atoms with Crippen LogP contribution in [-0.2, 0) is 34.3 Å². The average molecular weight is 1300 g/mol. The molecular weight excluding hydrogens is 1200 g/mol. The number of carbonyl (C=O) groups excluding carboxylic acids is 2. The highest BCUT2D eigenvalue weighted by Gasteiger charge is 2.51. The average Bonchev–Trinajstić information content (AvgIpc) is 1.34. The summed E-state index contributed by atoms with van der Waals surface area (Å²) in [6.45, 7) is 5.66. The molecule has 11 N–H and O–H groups in total. The van der Waals surface area contributed by atoms with Crippen molar-refractivity contribution in [2.45, 2.75) is 164 Å². The molecule has 2 aliphatic heterocycles. The molecule has 1 spiro atoms. The number of aryl methyl sites for hydroxylation is 1. The number of aliphatic hydroxyl groups excluding tert-OH is 4. The van der Waals surface area contributed by atoms with E-state index in [0.717, 1.165) is 88.9 Å². The number of aromatic amines is 1. The molecule has 0 amide bonds. The lowest BCUT2D eigenvalue weighted by Crippen LogP contribution is -2.48. The summed E-state index contributed by atoms with van der Waals surface area (Å²) in [5.74, 6) is 11.8. The number of aromatic nitrogens is 1. The molecule has 15 unspecified atom stereocenters. The second-order valence-electron chi connectivity index (χ2n) is 29.3. The van der Waals surface area contributed by atoms with Crippen molar-refractivity contribution in [1.29, 1.82) is 0 Å². The van der Waals surface area contributed by atoms with E-state index in [1.807, 2.05) is 60.7 Å². The molecule has 3 fully saturated rings. The molecule has 96 heavy (non-hydrogen) atoms. The second-order valence-corrected chi connectivity index (χ2v) is 29.3. The van der Waals surface area contributed by atoms with Crippen LogP contribution in [0.1, 0.15) is 166 Å². The van der Waals surface area contributed by atoms with Crippen molar-refractivity contribution < 1.29 is 50.1 Å². The third-order valence-corrected chi connectivity index (χ3v) is 23.5. The molecule has 5 aromatic carbocycles. The number of anilines is 1. The van der Waals surface area contributed by atoms with Crippen LogP contribution >= 0.6 is 0 Å². The maximum Gasteiger partial charge on any atom is 0.173 e. The van der Waals surface area contributed by atoms with Gasteiger partial charge in [-0.3, -0.25) is 9.59 Å². The van der Waals surface area contributed by atoms with Gasteiger partial charge in [-0.15, -0.1) is 5.92 Å². The number of hydrogen-bond acceptors (Lipinski definition) is 13. The first-order valence-corrected chi connectivity index (χ1v) is 35.6. The molecule has 14 nitrogen and oxygen atoms in total. The normalized spacial score (nSPS) is 30.1. The number of β-amino-alcohol motifs (C(OH)–C–C–N with tert-alkyl or cyclic N) is 1. The molecule has 5 aliphatic carbocycles. The van der Waals surface area contributed by atoms with Crippen LogP contribution in [0.5, 0.6) is 23.0 Å². The van der Waals surface area contributed by atoms with Gasteiger partial charge in [0.1, 0.15) is 17.3 Å². The molecule has 3 saturated carbocycles. The molecule has 3 heterocycles. The number of ether oxygens (including phenoxy) is 1. The lowest BCUT2D eigenvalue weighted by Gasteiger charge is -2.46. The van der Waals surface area contributed by atoms with Crippen LogP contribution in [0.2, 0.25) is 0 Å². The van der Waals surface area contributed by atoms with Crippen molar-refractivity contribution in [1.82, 2.24) is 15.6 Å². The van der Waals surface area contributed by atoms with Crippen LogP contribution in [0.25, 0.3) is 10.8 Å². The Bertz CT molecular complexity index is 4030. The number of rotatable bonds is 6. The highest BCUT2D eigenvalue weighted by molar-refractivity contribution is 6.06. The summed E-state index contributed by atoms with van der Waals surface area (Å²) in [5.41, 5.74) is 8.23. The third kappa shape index (κ3) is 13.8. The highest BCUT2D eigenvalue weighted by Crippen LogP contribution is 2.54. The number of phenolic OH excluding ortho intramolecular Hbond substituents is 3. The van der Waals surface area contributed by atoms with E-state index < -0.39 is 53.0 Å². The fourth-order valence-electron chi connectivity index (χ4n) is 18.4. The quantitative estimate of drug-likeness (QED) is 0.0551. The number of aliphatic hydroxyl groups is 4. The van der Waals surface area contributed by atoms with E-state index in [4.69, 9.17) is 4.74 Å². The first kappa shape index (κ1) is 66.8. The topological polar surface area (TPSA) is 237 Å². The van der Waals surface area contributed by atoms with Crippen molar-refractivity contribution in [2.75, 3.05) is 38.7 Å². The van der Waals surface area contributed by atoms with Gasteiger partial charge in [0.25, 0.3) is 0 Å². The number of dihydropyridines is 1. The molecule has 0 saturated heterocycles. The minimum atomic E-state index is -1.92. The number of nitrogens with one attached hydrogen (secondary N) is 4. The molecule has 7 aliphatic rings. The van der Waals surface area contributed by atoms with E-state index >= 15 is 4.79 Å². The van der Waals surface area contributed by atoms with Crippen LogP contribution < -0.4 is 20.7 Å². The molecule has 13 rings (SSSR count). The number of phenols is 3. The Labute approximate surface area is 565 Å². The fourth-order valence-corrected chi connectivity index (χ4v) is 18.4. The number of methoxy groups -OCH3 is 1. The Hall–Kier alpha value is -7.82. The van der Waals surface area contributed by atoms with E-state index in [0.29, 0.717) is 93.1 Å². The Morgan fingerprint density at radius 3 is 2.38 bits per heavy atom. The van der Waals surface area contributed by atoms with E-state index in [-0.39, 0.29) is 102 Å². The van der Waals surface area contributed by atoms with Gasteiger partial charge in [-0.05, 0) is 210 Å². The van der Waals surface area contributed by atoms with E-state index in [9.17, 15) is 40.5 Å². The third-order valence-electron chi connectivity index (χ3n) is 23.5. The maximum atomic E-state index is 15.9. The minimum absolute atomic E-state index is 0.0460. The number of aromatic hydroxyl groups is 3. The number of ketones is 2. The molecule has 1 aromatic heterocycles. The van der Waals surface area contributed by atoms with Crippen LogP contribution in [0, 0.1) is 76.9 Å². The molecular formula is C82H96N4O10. The van der Waals surface area contributed by atoms with Crippen molar-refractivity contribution in [3.63, 3.8) is 0 Å². The number of carbonyl (C=O) groups is 2. The molecule has 6 aromatic rings. The molecule has 14 heteroatoms. The van der Waals surface area contributed by atoms with Gasteiger partial charge in [0.15, 0.2) is 29.2 Å². The lowest BCUT2D eigenvalue weighted by atomic mass is 9.61. The van der Waals surface area contributed by atoms with Crippen LogP contribution in [0.3, 0.4) is 0 Å². The molecule has 15 atom stereocenters. The van der Waals surface area contributed by atoms with Crippen LogP contribution in [0.15, 0.2) is 127 Å². The minimum Gasteiger partial charge on any atom is -0.508 e. The van der Waals surface area contributed by atoms with Crippen molar-refractivity contribution in [3.05, 3.63) is 171 Å². The van der Waals surface area contributed by atoms with Gasteiger partial charge in [-0.25, -0.2) is 0 Å². The number of Topliss-reactive ketones (excluding diaryl/α,β-unsaturated/α-hetero) is 2. The van der Waals surface area contributed by atoms with E-state index in [2.05, 4.69) is 95.0 Å². The SMILES string of the molecule is CCCC1C2CC3CC4C#CC(c5cc(O)c(OC)cc5CCC(=O)C(O)C(=O)C4C2)c2ccccc2C2CC(C#CCC3C3=CCNC(=C3)Nc3ccc4ccc(c(O)c4c3)CC(O)CNCC(C)c3c[nH]c(c3)C3(CCCCC3)C1O)C(Cc1cccc(O)c1)C(CO)C2. The van der Waals surface area contributed by atoms with Crippen LogP contribution in [0.4, 0.5) is 5.69 Å². The zero-order valence-corrected chi connectivity index (χ0v) is 55.8. The van der Waals surface area contributed by atoms with Crippen molar-refractivity contribution in [2.24, 2.45) is 53.3 Å². The Morgan fingerprint density at radius 2 is 1.57 bits per heavy atom. The summed E-state index contributed by atoms with van der Waals surface area (Å²) in [7, 11) is 1.49.